The van der Waals surface area contributed by atoms with E-state index in [4.69, 9.17) is 19.7 Å². The third-order valence-corrected chi connectivity index (χ3v) is 2.85. The monoisotopic (exact) mass is 255 g/mol. The highest BCUT2D eigenvalue weighted by Crippen LogP contribution is 2.17. The predicted octanol–water partition coefficient (Wildman–Crippen LogP) is 1.22. The Morgan fingerprint density at radius 1 is 1.50 bits per heavy atom. The fourth-order valence-corrected chi connectivity index (χ4v) is 1.87. The summed E-state index contributed by atoms with van der Waals surface area (Å²) in [5.41, 5.74) is 5.92. The molecule has 0 amide bonds. The standard InChI is InChI=1S/C12H21N3O3/c1-8(2)17-7-10(13)12-14-11(18-15-12)6-9-4-3-5-16-9/h8-10H,3-7,13H2,1-2H3. The molecule has 1 saturated heterocycles. The highest BCUT2D eigenvalue weighted by Gasteiger charge is 2.21. The van der Waals surface area contributed by atoms with Crippen LogP contribution in [0.4, 0.5) is 0 Å². The summed E-state index contributed by atoms with van der Waals surface area (Å²) in [7, 11) is 0. The van der Waals surface area contributed by atoms with Gasteiger partial charge in [0.25, 0.3) is 0 Å². The van der Waals surface area contributed by atoms with Crippen molar-refractivity contribution in [3.8, 4) is 0 Å². The summed E-state index contributed by atoms with van der Waals surface area (Å²) < 4.78 is 16.1. The van der Waals surface area contributed by atoms with Crippen molar-refractivity contribution in [3.05, 3.63) is 11.7 Å². The molecule has 0 radical (unpaired) electrons. The lowest BCUT2D eigenvalue weighted by Crippen LogP contribution is -2.21. The van der Waals surface area contributed by atoms with Crippen LogP contribution in [0, 0.1) is 0 Å². The van der Waals surface area contributed by atoms with Crippen LogP contribution in [0.1, 0.15) is 44.4 Å². The first-order valence-corrected chi connectivity index (χ1v) is 6.46. The highest BCUT2D eigenvalue weighted by molar-refractivity contribution is 4.94. The molecule has 1 aromatic rings. The minimum atomic E-state index is -0.339. The second kappa shape index (κ2) is 6.26. The zero-order valence-electron chi connectivity index (χ0n) is 11.0. The summed E-state index contributed by atoms with van der Waals surface area (Å²) in [6.07, 6.45) is 3.19. The summed E-state index contributed by atoms with van der Waals surface area (Å²) in [6, 6.07) is -0.339. The van der Waals surface area contributed by atoms with Crippen LogP contribution in [0.3, 0.4) is 0 Å². The molecule has 2 unspecified atom stereocenters. The molecule has 6 nitrogen and oxygen atoms in total. The van der Waals surface area contributed by atoms with Gasteiger partial charge in [-0.05, 0) is 26.7 Å². The number of hydrogen-bond donors (Lipinski definition) is 1. The lowest BCUT2D eigenvalue weighted by atomic mass is 10.2. The van der Waals surface area contributed by atoms with Gasteiger partial charge in [-0.3, -0.25) is 0 Å². The van der Waals surface area contributed by atoms with Gasteiger partial charge in [0.2, 0.25) is 5.89 Å². The Kier molecular flexibility index (Phi) is 4.68. The number of hydrogen-bond acceptors (Lipinski definition) is 6. The zero-order chi connectivity index (χ0) is 13.0. The maximum Gasteiger partial charge on any atom is 0.229 e. The zero-order valence-corrected chi connectivity index (χ0v) is 11.0. The summed E-state index contributed by atoms with van der Waals surface area (Å²) >= 11 is 0. The molecular formula is C12H21N3O3. The van der Waals surface area contributed by atoms with Crippen molar-refractivity contribution in [2.24, 2.45) is 5.73 Å². The molecule has 18 heavy (non-hydrogen) atoms. The summed E-state index contributed by atoms with van der Waals surface area (Å²) in [5.74, 6) is 1.10. The van der Waals surface area contributed by atoms with Gasteiger partial charge in [-0.2, -0.15) is 4.98 Å². The number of nitrogens with zero attached hydrogens (tertiary/aromatic N) is 2. The average Bonchev–Trinajstić information content (AvgIpc) is 2.98. The van der Waals surface area contributed by atoms with E-state index in [2.05, 4.69) is 10.1 Å². The fourth-order valence-electron chi connectivity index (χ4n) is 1.87. The Balaban J connectivity index is 1.84. The SMILES string of the molecule is CC(C)OCC(N)c1noc(CC2CCCO2)n1. The maximum atomic E-state index is 5.92. The van der Waals surface area contributed by atoms with Crippen LogP contribution < -0.4 is 5.73 Å². The molecule has 2 atom stereocenters. The molecule has 1 aliphatic heterocycles. The first kappa shape index (κ1) is 13.5. The number of rotatable bonds is 6. The molecule has 0 spiro atoms. The quantitative estimate of drug-likeness (QED) is 0.822. The number of ether oxygens (including phenoxy) is 2. The molecular weight excluding hydrogens is 234 g/mol. The van der Waals surface area contributed by atoms with Crippen molar-refractivity contribution in [2.45, 2.75) is 51.4 Å². The van der Waals surface area contributed by atoms with Crippen molar-refractivity contribution in [1.29, 1.82) is 0 Å². The van der Waals surface area contributed by atoms with Crippen molar-refractivity contribution in [2.75, 3.05) is 13.2 Å². The van der Waals surface area contributed by atoms with Gasteiger partial charge in [0.05, 0.1) is 31.3 Å². The molecule has 102 valence electrons. The molecule has 0 saturated carbocycles. The van der Waals surface area contributed by atoms with Gasteiger partial charge in [0, 0.05) is 6.61 Å². The molecule has 0 bridgehead atoms. The van der Waals surface area contributed by atoms with E-state index in [0.717, 1.165) is 19.4 Å². The van der Waals surface area contributed by atoms with E-state index in [-0.39, 0.29) is 18.2 Å². The van der Waals surface area contributed by atoms with Crippen molar-refractivity contribution >= 4 is 0 Å². The lowest BCUT2D eigenvalue weighted by Gasteiger charge is -2.10. The van der Waals surface area contributed by atoms with Crippen molar-refractivity contribution in [3.63, 3.8) is 0 Å². The smallest absolute Gasteiger partial charge is 0.229 e. The molecule has 1 fully saturated rings. The number of aromatic nitrogens is 2. The second-order valence-corrected chi connectivity index (χ2v) is 4.87. The van der Waals surface area contributed by atoms with Gasteiger partial charge in [0.15, 0.2) is 5.82 Å². The van der Waals surface area contributed by atoms with Crippen molar-refractivity contribution in [1.82, 2.24) is 10.1 Å². The van der Waals surface area contributed by atoms with Crippen LogP contribution in [-0.2, 0) is 15.9 Å². The topological polar surface area (TPSA) is 83.4 Å². The third-order valence-electron chi connectivity index (χ3n) is 2.85. The normalized spacial score (nSPS) is 21.7. The van der Waals surface area contributed by atoms with Gasteiger partial charge >= 0.3 is 0 Å². The van der Waals surface area contributed by atoms with Gasteiger partial charge in [-0.1, -0.05) is 5.16 Å². The largest absolute Gasteiger partial charge is 0.378 e. The van der Waals surface area contributed by atoms with Crippen LogP contribution in [-0.4, -0.2) is 35.6 Å². The molecule has 1 aromatic heterocycles. The Hall–Kier alpha value is -0.980. The Labute approximate surface area is 107 Å². The second-order valence-electron chi connectivity index (χ2n) is 4.87. The maximum absolute atomic E-state index is 5.92. The van der Waals surface area contributed by atoms with E-state index < -0.39 is 0 Å². The molecule has 2 heterocycles. The third kappa shape index (κ3) is 3.76. The molecule has 2 N–H and O–H groups in total. The highest BCUT2D eigenvalue weighted by atomic mass is 16.5. The first-order valence-electron chi connectivity index (χ1n) is 6.46. The van der Waals surface area contributed by atoms with Crippen molar-refractivity contribution < 1.29 is 14.0 Å². The minimum Gasteiger partial charge on any atom is -0.378 e. The average molecular weight is 255 g/mol. The molecule has 0 aromatic carbocycles. The minimum absolute atomic E-state index is 0.148. The number of nitrogens with two attached hydrogens (primary N) is 1. The lowest BCUT2D eigenvalue weighted by molar-refractivity contribution is 0.0665. The fraction of sp³-hybridized carbons (Fsp3) is 0.833. The summed E-state index contributed by atoms with van der Waals surface area (Å²) in [6.45, 7) is 5.15. The molecule has 0 aliphatic carbocycles. The first-order chi connectivity index (χ1) is 8.65. The van der Waals surface area contributed by atoms with Gasteiger partial charge in [0.1, 0.15) is 0 Å². The Morgan fingerprint density at radius 2 is 2.33 bits per heavy atom. The van der Waals surface area contributed by atoms with Gasteiger partial charge in [-0.15, -0.1) is 0 Å². The molecule has 2 rings (SSSR count). The van der Waals surface area contributed by atoms with Gasteiger partial charge < -0.3 is 19.7 Å². The van der Waals surface area contributed by atoms with Crippen LogP contribution in [0.2, 0.25) is 0 Å². The van der Waals surface area contributed by atoms with E-state index in [1.165, 1.54) is 0 Å². The van der Waals surface area contributed by atoms with E-state index in [0.29, 0.717) is 24.7 Å². The molecule has 1 aliphatic rings. The van der Waals surface area contributed by atoms with Crippen LogP contribution in [0.25, 0.3) is 0 Å². The van der Waals surface area contributed by atoms with E-state index in [1.807, 2.05) is 13.8 Å². The van der Waals surface area contributed by atoms with Crippen LogP contribution in [0.5, 0.6) is 0 Å². The van der Waals surface area contributed by atoms with E-state index in [1.54, 1.807) is 0 Å². The van der Waals surface area contributed by atoms with E-state index in [9.17, 15) is 0 Å². The Bertz CT molecular complexity index is 361. The van der Waals surface area contributed by atoms with Crippen LogP contribution >= 0.6 is 0 Å². The van der Waals surface area contributed by atoms with Gasteiger partial charge in [-0.25, -0.2) is 0 Å². The summed E-state index contributed by atoms with van der Waals surface area (Å²) in [4.78, 5) is 4.29. The Morgan fingerprint density at radius 3 is 3.00 bits per heavy atom. The van der Waals surface area contributed by atoms with E-state index >= 15 is 0 Å². The molecule has 6 heteroatoms. The predicted molar refractivity (Wildman–Crippen MR) is 65.0 cm³/mol. The van der Waals surface area contributed by atoms with Crippen LogP contribution in [0.15, 0.2) is 4.52 Å². The summed E-state index contributed by atoms with van der Waals surface area (Å²) in [5, 5.41) is 3.89.